The minimum absolute atomic E-state index is 0.211. The Bertz CT molecular complexity index is 641. The van der Waals surface area contributed by atoms with Gasteiger partial charge >= 0.3 is 0 Å². The fraction of sp³-hybridized carbons (Fsp3) is 0.588. The molecule has 1 atom stereocenters. The summed E-state index contributed by atoms with van der Waals surface area (Å²) in [4.78, 5) is 0. The van der Waals surface area contributed by atoms with Crippen molar-refractivity contribution in [3.8, 4) is 5.88 Å². The summed E-state index contributed by atoms with van der Waals surface area (Å²) in [6, 6.07) is 2.30. The lowest BCUT2D eigenvalue weighted by atomic mass is 10.0. The molecule has 0 bridgehead atoms. The highest BCUT2D eigenvalue weighted by Gasteiger charge is 2.20. The highest BCUT2D eigenvalue weighted by Crippen LogP contribution is 2.28. The Kier molecular flexibility index (Phi) is 4.96. The predicted octanol–water partition coefficient (Wildman–Crippen LogP) is 3.61. The number of hydrogen-bond donors (Lipinski definition) is 1. The maximum absolute atomic E-state index is 5.62. The van der Waals surface area contributed by atoms with Crippen molar-refractivity contribution in [2.75, 3.05) is 7.11 Å². The summed E-state index contributed by atoms with van der Waals surface area (Å²) in [5, 5.41) is 8.15. The molecule has 122 valence electrons. The zero-order chi connectivity index (χ0) is 16.4. The first-order valence-corrected chi connectivity index (χ1v) is 7.75. The van der Waals surface area contributed by atoms with Gasteiger partial charge in [-0.05, 0) is 32.8 Å². The largest absolute Gasteiger partial charge is 0.481 e. The van der Waals surface area contributed by atoms with E-state index in [-0.39, 0.29) is 6.04 Å². The van der Waals surface area contributed by atoms with Crippen molar-refractivity contribution >= 4 is 0 Å². The van der Waals surface area contributed by atoms with Gasteiger partial charge in [0.05, 0.1) is 18.4 Å². The van der Waals surface area contributed by atoms with E-state index in [1.807, 2.05) is 25.6 Å². The number of ether oxygens (including phenoxy) is 1. The summed E-state index contributed by atoms with van der Waals surface area (Å²) >= 11 is 0. The number of aryl methyl sites for hydroxylation is 3. The first-order chi connectivity index (χ1) is 10.3. The monoisotopic (exact) mass is 305 g/mol. The summed E-state index contributed by atoms with van der Waals surface area (Å²) in [7, 11) is 3.61. The third-order valence-electron chi connectivity index (χ3n) is 3.99. The van der Waals surface area contributed by atoms with Gasteiger partial charge in [0.25, 0.3) is 0 Å². The maximum atomic E-state index is 5.62. The molecule has 0 aromatic carbocycles. The Balaban J connectivity index is 2.19. The summed E-state index contributed by atoms with van der Waals surface area (Å²) in [5.41, 5.74) is 3.41. The van der Waals surface area contributed by atoms with E-state index in [2.05, 4.69) is 37.3 Å². The van der Waals surface area contributed by atoms with Crippen LogP contribution in [0.5, 0.6) is 5.88 Å². The zero-order valence-corrected chi connectivity index (χ0v) is 14.7. The van der Waals surface area contributed by atoms with Gasteiger partial charge in [-0.15, -0.1) is 0 Å². The Morgan fingerprint density at radius 1 is 1.32 bits per heavy atom. The van der Waals surface area contributed by atoms with Crippen LogP contribution in [0.25, 0.3) is 0 Å². The van der Waals surface area contributed by atoms with Crippen LogP contribution in [-0.2, 0) is 13.6 Å². The highest BCUT2D eigenvalue weighted by atomic mass is 16.5. The van der Waals surface area contributed by atoms with Crippen LogP contribution >= 0.6 is 0 Å². The van der Waals surface area contributed by atoms with Gasteiger partial charge in [-0.2, -0.15) is 5.10 Å². The zero-order valence-electron chi connectivity index (χ0n) is 14.7. The Morgan fingerprint density at radius 2 is 2.00 bits per heavy atom. The molecule has 2 heterocycles. The number of furan rings is 1. The lowest BCUT2D eigenvalue weighted by Gasteiger charge is -2.14. The average molecular weight is 305 g/mol. The van der Waals surface area contributed by atoms with Gasteiger partial charge in [0, 0.05) is 25.2 Å². The predicted molar refractivity (Wildman–Crippen MR) is 87.3 cm³/mol. The van der Waals surface area contributed by atoms with E-state index in [4.69, 9.17) is 9.15 Å². The van der Waals surface area contributed by atoms with E-state index in [0.29, 0.717) is 5.92 Å². The Morgan fingerprint density at radius 3 is 2.50 bits per heavy atom. The third-order valence-corrected chi connectivity index (χ3v) is 3.99. The number of aromatic nitrogens is 2. The topological polar surface area (TPSA) is 52.2 Å². The van der Waals surface area contributed by atoms with Crippen LogP contribution in [0.2, 0.25) is 0 Å². The van der Waals surface area contributed by atoms with Crippen molar-refractivity contribution < 1.29 is 9.15 Å². The molecule has 0 spiro atoms. The molecule has 2 rings (SSSR count). The summed E-state index contributed by atoms with van der Waals surface area (Å²) in [6.07, 6.45) is 0. The van der Waals surface area contributed by atoms with Crippen molar-refractivity contribution in [2.24, 2.45) is 7.05 Å². The maximum Gasteiger partial charge on any atom is 0.216 e. The molecule has 0 aliphatic carbocycles. The van der Waals surface area contributed by atoms with Crippen LogP contribution in [-0.4, -0.2) is 16.9 Å². The van der Waals surface area contributed by atoms with Gasteiger partial charge in [-0.1, -0.05) is 13.8 Å². The van der Waals surface area contributed by atoms with E-state index >= 15 is 0 Å². The molecule has 0 aliphatic rings. The lowest BCUT2D eigenvalue weighted by Crippen LogP contribution is -2.19. The van der Waals surface area contributed by atoms with E-state index in [1.165, 1.54) is 5.56 Å². The van der Waals surface area contributed by atoms with Crippen LogP contribution in [0.1, 0.15) is 61.1 Å². The minimum Gasteiger partial charge on any atom is -0.481 e. The minimum atomic E-state index is 0.211. The highest BCUT2D eigenvalue weighted by molar-refractivity contribution is 5.34. The molecule has 5 nitrogen and oxygen atoms in total. The molecule has 2 aromatic heterocycles. The summed E-state index contributed by atoms with van der Waals surface area (Å²) in [6.45, 7) is 11.1. The van der Waals surface area contributed by atoms with Crippen molar-refractivity contribution in [1.82, 2.24) is 15.1 Å². The SMILES string of the molecule is COc1c(CNC(C)c2cc(C)oc2C)c(C(C)C)nn1C. The molecule has 0 radical (unpaired) electrons. The molecule has 0 amide bonds. The quantitative estimate of drug-likeness (QED) is 0.885. The van der Waals surface area contributed by atoms with E-state index < -0.39 is 0 Å². The van der Waals surface area contributed by atoms with Crippen LogP contribution in [0.15, 0.2) is 10.5 Å². The Labute approximate surface area is 132 Å². The molecule has 0 saturated heterocycles. The number of nitrogens with one attached hydrogen (secondary N) is 1. The fourth-order valence-electron chi connectivity index (χ4n) is 2.90. The van der Waals surface area contributed by atoms with Crippen molar-refractivity contribution in [3.63, 3.8) is 0 Å². The molecular formula is C17H27N3O2. The second-order valence-electron chi connectivity index (χ2n) is 6.12. The standard InChI is InChI=1S/C17H27N3O2/c1-10(2)16-15(17(21-7)20(6)19-16)9-18-12(4)14-8-11(3)22-13(14)5/h8,10,12,18H,9H2,1-7H3. The number of methoxy groups -OCH3 is 1. The smallest absolute Gasteiger partial charge is 0.216 e. The van der Waals surface area contributed by atoms with Gasteiger partial charge in [-0.3, -0.25) is 0 Å². The van der Waals surface area contributed by atoms with Gasteiger partial charge in [0.1, 0.15) is 11.5 Å². The molecule has 1 N–H and O–H groups in total. The molecule has 2 aromatic rings. The molecule has 5 heteroatoms. The van der Waals surface area contributed by atoms with Gasteiger partial charge in [0.2, 0.25) is 5.88 Å². The molecule has 1 unspecified atom stereocenters. The normalized spacial score (nSPS) is 12.9. The van der Waals surface area contributed by atoms with Gasteiger partial charge in [0.15, 0.2) is 0 Å². The Hall–Kier alpha value is -1.75. The third kappa shape index (κ3) is 3.19. The lowest BCUT2D eigenvalue weighted by molar-refractivity contribution is 0.367. The van der Waals surface area contributed by atoms with Crippen LogP contribution in [0.4, 0.5) is 0 Å². The second-order valence-corrected chi connectivity index (χ2v) is 6.12. The summed E-state index contributed by atoms with van der Waals surface area (Å²) < 4.78 is 12.9. The first-order valence-electron chi connectivity index (χ1n) is 7.75. The van der Waals surface area contributed by atoms with E-state index in [9.17, 15) is 0 Å². The number of rotatable bonds is 6. The number of hydrogen-bond acceptors (Lipinski definition) is 4. The number of nitrogens with zero attached hydrogens (tertiary/aromatic N) is 2. The van der Waals surface area contributed by atoms with Crippen LogP contribution < -0.4 is 10.1 Å². The summed E-state index contributed by atoms with van der Waals surface area (Å²) in [5.74, 6) is 3.10. The molecular weight excluding hydrogens is 278 g/mol. The molecule has 22 heavy (non-hydrogen) atoms. The molecule has 0 aliphatic heterocycles. The van der Waals surface area contributed by atoms with Crippen molar-refractivity contribution in [1.29, 1.82) is 0 Å². The van der Waals surface area contributed by atoms with E-state index in [1.54, 1.807) is 7.11 Å². The fourth-order valence-corrected chi connectivity index (χ4v) is 2.90. The van der Waals surface area contributed by atoms with E-state index in [0.717, 1.165) is 35.2 Å². The molecule has 0 fully saturated rings. The molecule has 0 saturated carbocycles. The van der Waals surface area contributed by atoms with Crippen molar-refractivity contribution in [3.05, 3.63) is 34.4 Å². The average Bonchev–Trinajstić information content (AvgIpc) is 2.95. The van der Waals surface area contributed by atoms with Crippen molar-refractivity contribution in [2.45, 2.75) is 53.1 Å². The van der Waals surface area contributed by atoms with Gasteiger partial charge in [-0.25, -0.2) is 4.68 Å². The van der Waals surface area contributed by atoms with Crippen LogP contribution in [0, 0.1) is 13.8 Å². The van der Waals surface area contributed by atoms with Gasteiger partial charge < -0.3 is 14.5 Å². The first kappa shape index (κ1) is 16.6. The second kappa shape index (κ2) is 6.57. The van der Waals surface area contributed by atoms with Crippen LogP contribution in [0.3, 0.4) is 0 Å².